The molecular formula is C72H91N7O14. The maximum Gasteiger partial charge on any atom is 0.329 e. The average Bonchev–Trinajstić information content (AvgIpc) is 1.76. The van der Waals surface area contributed by atoms with Crippen LogP contribution in [0, 0.1) is 13.8 Å². The lowest BCUT2D eigenvalue weighted by Crippen LogP contribution is -2.50. The van der Waals surface area contributed by atoms with Gasteiger partial charge in [0.1, 0.15) is 41.8 Å². The number of rotatable bonds is 34. The standard InChI is InChI=1S/C72H91N7O14/c1-9-57(54-45-64(86-6)70(88-8)65(46-54)87-7)71(82)79-34-14-12-18-60(79)72(83)92-61(29-22-51-23-30-62(84-4)63(42-51)85-5)52-16-15-17-56(43-52)91-47-68(81)73-32-13-10-11-19-67(80)74-33-39-90-55-26-20-50(21-27-55)24-31-66-75-58-44-53(69-48(2)76-93-49(69)3)25-28-59(58)78(66)36-35-77-37-40-89-41-38-77/h15-17,20-21,23,25-28,30,42-46,57,60-61H,9-14,18-19,22,24,29,31-41,47H2,1-8H3,(H,73,81)(H,74,80)/t57-,60-,61?/m0/s1. The van der Waals surface area contributed by atoms with Gasteiger partial charge in [-0.3, -0.25) is 19.3 Å². The van der Waals surface area contributed by atoms with Crippen LogP contribution >= 0.6 is 0 Å². The van der Waals surface area contributed by atoms with Crippen molar-refractivity contribution in [1.29, 1.82) is 0 Å². The maximum atomic E-state index is 14.6. The molecule has 4 heterocycles. The number of morpholine rings is 1. The topological polar surface area (TPSA) is 226 Å². The number of amides is 3. The van der Waals surface area contributed by atoms with Gasteiger partial charge in [0, 0.05) is 57.7 Å². The molecule has 9 rings (SSSR count). The molecule has 2 fully saturated rings. The lowest BCUT2D eigenvalue weighted by molar-refractivity contribution is -0.162. The second-order valence-electron chi connectivity index (χ2n) is 23.5. The van der Waals surface area contributed by atoms with Gasteiger partial charge in [-0.2, -0.15) is 0 Å². The van der Waals surface area contributed by atoms with Crippen LogP contribution in [0.15, 0.2) is 102 Å². The number of hydrogen-bond acceptors (Lipinski definition) is 17. The fourth-order valence-electron chi connectivity index (χ4n) is 12.4. The molecule has 498 valence electrons. The Balaban J connectivity index is 0.705. The van der Waals surface area contributed by atoms with Gasteiger partial charge in [0.15, 0.2) is 29.6 Å². The van der Waals surface area contributed by atoms with Crippen molar-refractivity contribution in [1.82, 2.24) is 35.1 Å². The first kappa shape index (κ1) is 68.5. The van der Waals surface area contributed by atoms with E-state index in [0.717, 1.165) is 122 Å². The van der Waals surface area contributed by atoms with Crippen LogP contribution in [0.5, 0.6) is 40.2 Å². The van der Waals surface area contributed by atoms with Crippen LogP contribution in [0.3, 0.4) is 0 Å². The number of hydrogen-bond donors (Lipinski definition) is 2. The predicted molar refractivity (Wildman–Crippen MR) is 353 cm³/mol. The highest BCUT2D eigenvalue weighted by Gasteiger charge is 2.38. The minimum Gasteiger partial charge on any atom is -0.493 e. The molecule has 0 saturated carbocycles. The number of nitrogens with one attached hydrogen (secondary N) is 2. The summed E-state index contributed by atoms with van der Waals surface area (Å²) in [6, 6.07) is 30.2. The fourth-order valence-corrected chi connectivity index (χ4v) is 12.4. The zero-order valence-electron chi connectivity index (χ0n) is 55.2. The van der Waals surface area contributed by atoms with Crippen molar-refractivity contribution in [3.8, 4) is 51.4 Å². The monoisotopic (exact) mass is 1280 g/mol. The number of aryl methyl sites for hydroxylation is 5. The second kappa shape index (κ2) is 34.2. The minimum absolute atomic E-state index is 0.0530. The SMILES string of the molecule is CC[C@H](C(=O)N1CCCC[C@H]1C(=O)OC(CCc1ccc(OC)c(OC)c1)c1cccc(OCC(=O)NCCCCCC(=O)NCCOc2ccc(CCc3nc4cc(-c5c(C)noc5C)ccc4n3CCN3CCOCC3)cc2)c1)c1cc(OC)c(OC)c(OC)c1. The van der Waals surface area contributed by atoms with Crippen molar-refractivity contribution in [2.24, 2.45) is 0 Å². The van der Waals surface area contributed by atoms with Crippen LogP contribution < -0.4 is 43.8 Å². The van der Waals surface area contributed by atoms with E-state index in [1.165, 1.54) is 26.9 Å². The van der Waals surface area contributed by atoms with Crippen LogP contribution in [0.1, 0.15) is 116 Å². The summed E-state index contributed by atoms with van der Waals surface area (Å²) in [4.78, 5) is 64.2. The third kappa shape index (κ3) is 18.3. The number of aromatic nitrogens is 3. The number of esters is 1. The summed E-state index contributed by atoms with van der Waals surface area (Å²) in [6.07, 6.45) is 6.63. The molecule has 3 amide bonds. The van der Waals surface area contributed by atoms with E-state index in [2.05, 4.69) is 55.6 Å². The summed E-state index contributed by atoms with van der Waals surface area (Å²) in [5, 5.41) is 10.1. The number of imidazole rings is 1. The van der Waals surface area contributed by atoms with Gasteiger partial charge in [0.25, 0.3) is 5.91 Å². The van der Waals surface area contributed by atoms with E-state index in [4.69, 9.17) is 52.1 Å². The van der Waals surface area contributed by atoms with Crippen LogP contribution in [0.2, 0.25) is 0 Å². The molecule has 0 aliphatic carbocycles. The Morgan fingerprint density at radius 1 is 0.677 bits per heavy atom. The summed E-state index contributed by atoms with van der Waals surface area (Å²) >= 11 is 0. The lowest BCUT2D eigenvalue weighted by atomic mass is 9.91. The molecule has 21 nitrogen and oxygen atoms in total. The highest BCUT2D eigenvalue weighted by Crippen LogP contribution is 2.42. The molecule has 0 bridgehead atoms. The largest absolute Gasteiger partial charge is 0.493 e. The first-order chi connectivity index (χ1) is 45.3. The normalized spacial score (nSPS) is 14.8. The van der Waals surface area contributed by atoms with Crippen molar-refractivity contribution >= 4 is 34.7 Å². The predicted octanol–water partition coefficient (Wildman–Crippen LogP) is 10.5. The molecule has 2 N–H and O–H groups in total. The van der Waals surface area contributed by atoms with Crippen molar-refractivity contribution in [2.75, 3.05) is 101 Å². The first-order valence-corrected chi connectivity index (χ1v) is 32.5. The number of unbranched alkanes of at least 4 members (excludes halogenated alkanes) is 2. The summed E-state index contributed by atoms with van der Waals surface area (Å²) in [6.45, 7) is 12.3. The molecule has 2 aliphatic heterocycles. The van der Waals surface area contributed by atoms with E-state index in [1.54, 1.807) is 49.5 Å². The lowest BCUT2D eigenvalue weighted by Gasteiger charge is -2.37. The molecular weight excluding hydrogens is 1190 g/mol. The fraction of sp³-hybridized carbons (Fsp3) is 0.472. The van der Waals surface area contributed by atoms with E-state index >= 15 is 0 Å². The Hall–Kier alpha value is -8.82. The molecule has 21 heteroatoms. The molecule has 0 radical (unpaired) electrons. The van der Waals surface area contributed by atoms with Gasteiger partial charge in [-0.05, 0) is 160 Å². The Bertz CT molecular complexity index is 3550. The Labute approximate surface area is 545 Å². The molecule has 3 atom stereocenters. The number of carbonyl (C=O) groups excluding carboxylic acids is 4. The van der Waals surface area contributed by atoms with Gasteiger partial charge in [-0.15, -0.1) is 0 Å². The average molecular weight is 1280 g/mol. The number of ether oxygens (including phenoxy) is 9. The number of benzene rings is 5. The van der Waals surface area contributed by atoms with Gasteiger partial charge in [0.05, 0.1) is 78.0 Å². The molecule has 5 aromatic carbocycles. The Morgan fingerprint density at radius 3 is 2.15 bits per heavy atom. The first-order valence-electron chi connectivity index (χ1n) is 32.5. The zero-order chi connectivity index (χ0) is 65.6. The van der Waals surface area contributed by atoms with Crippen molar-refractivity contribution in [3.05, 3.63) is 137 Å². The zero-order valence-corrected chi connectivity index (χ0v) is 55.2. The molecule has 2 saturated heterocycles. The third-order valence-electron chi connectivity index (χ3n) is 17.4. The highest BCUT2D eigenvalue weighted by atomic mass is 16.5. The number of methoxy groups -OCH3 is 5. The second-order valence-corrected chi connectivity index (χ2v) is 23.5. The summed E-state index contributed by atoms with van der Waals surface area (Å²) < 4.78 is 59.7. The molecule has 1 unspecified atom stereocenters. The molecule has 2 aliphatic rings. The highest BCUT2D eigenvalue weighted by molar-refractivity contribution is 5.89. The van der Waals surface area contributed by atoms with E-state index in [-0.39, 0.29) is 24.3 Å². The summed E-state index contributed by atoms with van der Waals surface area (Å²) in [7, 11) is 7.76. The quantitative estimate of drug-likeness (QED) is 0.0282. The van der Waals surface area contributed by atoms with E-state index < -0.39 is 24.0 Å². The van der Waals surface area contributed by atoms with Gasteiger partial charge >= 0.3 is 5.97 Å². The van der Waals surface area contributed by atoms with Crippen LogP contribution in [0.4, 0.5) is 0 Å². The van der Waals surface area contributed by atoms with Crippen molar-refractivity contribution in [2.45, 2.75) is 122 Å². The Kier molecular flexibility index (Phi) is 25.2. The van der Waals surface area contributed by atoms with Gasteiger partial charge in [-0.25, -0.2) is 9.78 Å². The number of piperidine rings is 1. The Morgan fingerprint density at radius 2 is 1.43 bits per heavy atom. The maximum absolute atomic E-state index is 14.6. The number of nitrogens with zero attached hydrogens (tertiary/aromatic N) is 5. The molecule has 2 aromatic heterocycles. The summed E-state index contributed by atoms with van der Waals surface area (Å²) in [5.74, 6) is 3.84. The molecule has 0 spiro atoms. The van der Waals surface area contributed by atoms with Gasteiger partial charge < -0.3 is 67.3 Å². The van der Waals surface area contributed by atoms with Crippen LogP contribution in [0.25, 0.3) is 22.2 Å². The van der Waals surface area contributed by atoms with Gasteiger partial charge in [0.2, 0.25) is 17.6 Å². The van der Waals surface area contributed by atoms with E-state index in [1.807, 2.05) is 57.2 Å². The smallest absolute Gasteiger partial charge is 0.329 e. The van der Waals surface area contributed by atoms with Gasteiger partial charge in [-0.1, -0.05) is 54.9 Å². The number of likely N-dealkylation sites (tertiary alicyclic amines) is 1. The van der Waals surface area contributed by atoms with Crippen LogP contribution in [-0.2, 0) is 54.5 Å². The third-order valence-corrected chi connectivity index (χ3v) is 17.4. The van der Waals surface area contributed by atoms with E-state index in [0.29, 0.717) is 117 Å². The van der Waals surface area contributed by atoms with E-state index in [9.17, 15) is 19.2 Å². The summed E-state index contributed by atoms with van der Waals surface area (Å²) in [5.41, 5.74) is 8.47. The minimum atomic E-state index is -0.814. The van der Waals surface area contributed by atoms with Crippen molar-refractivity contribution in [3.63, 3.8) is 0 Å². The molecule has 93 heavy (non-hydrogen) atoms. The van der Waals surface area contributed by atoms with Crippen LogP contribution in [-0.4, -0.2) is 155 Å². The number of carbonyl (C=O) groups is 4. The number of fused-ring (bicyclic) bond motifs is 1. The van der Waals surface area contributed by atoms with Crippen molar-refractivity contribution < 1.29 is 66.3 Å². The molecule has 7 aromatic rings.